The minimum Gasteiger partial charge on any atom is -0.458 e. The lowest BCUT2D eigenvalue weighted by molar-refractivity contribution is -0.152. The monoisotopic (exact) mass is 405 g/mol. The summed E-state index contributed by atoms with van der Waals surface area (Å²) in [5.41, 5.74) is 0.993. The first kappa shape index (κ1) is 17.4. The van der Waals surface area contributed by atoms with E-state index in [4.69, 9.17) is 4.74 Å². The van der Waals surface area contributed by atoms with Crippen molar-refractivity contribution in [3.8, 4) is 0 Å². The minimum atomic E-state index is 0.00371. The molecule has 3 fully saturated rings. The molecule has 2 atom stereocenters. The van der Waals surface area contributed by atoms with E-state index in [1.807, 2.05) is 18.2 Å². The molecule has 1 saturated heterocycles. The average Bonchev–Trinajstić information content (AvgIpc) is 3.26. The molecule has 2 aromatic rings. The summed E-state index contributed by atoms with van der Waals surface area (Å²) in [7, 11) is 0. The number of esters is 1. The summed E-state index contributed by atoms with van der Waals surface area (Å²) in [6, 6.07) is 8.09. The molecule has 1 aromatic carbocycles. The van der Waals surface area contributed by atoms with Gasteiger partial charge < -0.3 is 4.74 Å². The van der Waals surface area contributed by atoms with E-state index in [1.54, 1.807) is 11.3 Å². The predicted molar refractivity (Wildman–Crippen MR) is 111 cm³/mol. The highest BCUT2D eigenvalue weighted by Crippen LogP contribution is 2.64. The number of hydrogen-bond donors (Lipinski definition) is 0. The smallest absolute Gasteiger partial charge is 0.309 e. The fourth-order valence-corrected chi connectivity index (χ4v) is 9.85. The number of aromatic nitrogens is 1. The molecule has 2 saturated carbocycles. The highest BCUT2D eigenvalue weighted by molar-refractivity contribution is 8.21. The number of nitrogens with zero attached hydrogens (tertiary/aromatic N) is 1. The summed E-state index contributed by atoms with van der Waals surface area (Å²) < 4.78 is 7.28. The van der Waals surface area contributed by atoms with Crippen LogP contribution in [0.4, 0.5) is 0 Å². The molecule has 2 heterocycles. The van der Waals surface area contributed by atoms with E-state index in [0.29, 0.717) is 22.5 Å². The third-order valence-electron chi connectivity index (χ3n) is 6.13. The topological polar surface area (TPSA) is 39.2 Å². The number of carbonyl (C=O) groups is 1. The Hall–Kier alpha value is -0.720. The first-order valence-electron chi connectivity index (χ1n) is 9.53. The van der Waals surface area contributed by atoms with Crippen molar-refractivity contribution in [1.29, 1.82) is 0 Å². The van der Waals surface area contributed by atoms with Crippen molar-refractivity contribution >= 4 is 51.0 Å². The Morgan fingerprint density at radius 3 is 2.62 bits per heavy atom. The number of hydrogen-bond acceptors (Lipinski definition) is 6. The summed E-state index contributed by atoms with van der Waals surface area (Å²) in [5.74, 6) is 4.03. The fourth-order valence-electron chi connectivity index (χ4n) is 5.03. The number of benzene rings is 1. The predicted octanol–water partition coefficient (Wildman–Crippen LogP) is 5.34. The van der Waals surface area contributed by atoms with Gasteiger partial charge in [0.2, 0.25) is 0 Å². The van der Waals surface area contributed by atoms with Crippen LogP contribution in [0, 0.1) is 17.8 Å². The molecule has 2 unspecified atom stereocenters. The number of ether oxygens (including phenoxy) is 1. The third-order valence-corrected chi connectivity index (χ3v) is 11.2. The standard InChI is InChI=1S/C20H23NO2S3/c22-19(23-12-18-21-16-6-1-2-7-17(16)26-18)13-10-14-4-3-5-15(11-13)20(14)24-8-9-25-20/h1-2,6-7,13-15H,3-5,8-12H2. The largest absolute Gasteiger partial charge is 0.458 e. The van der Waals surface area contributed by atoms with Crippen molar-refractivity contribution in [2.24, 2.45) is 17.8 Å². The maximum atomic E-state index is 12.8. The molecule has 1 aromatic heterocycles. The van der Waals surface area contributed by atoms with E-state index < -0.39 is 0 Å². The van der Waals surface area contributed by atoms with Crippen molar-refractivity contribution in [2.75, 3.05) is 11.5 Å². The molecule has 6 heteroatoms. The molecule has 1 spiro atoms. The van der Waals surface area contributed by atoms with E-state index in [2.05, 4.69) is 34.6 Å². The van der Waals surface area contributed by atoms with Gasteiger partial charge >= 0.3 is 5.97 Å². The zero-order valence-corrected chi connectivity index (χ0v) is 17.1. The second-order valence-corrected chi connectivity index (χ2v) is 11.7. The molecular weight excluding hydrogens is 382 g/mol. The maximum absolute atomic E-state index is 12.8. The van der Waals surface area contributed by atoms with Gasteiger partial charge in [-0.15, -0.1) is 34.9 Å². The molecule has 3 aliphatic rings. The molecule has 0 N–H and O–H groups in total. The molecule has 0 radical (unpaired) electrons. The Labute approximate surface area is 166 Å². The zero-order valence-electron chi connectivity index (χ0n) is 14.7. The van der Waals surface area contributed by atoms with E-state index in [-0.39, 0.29) is 11.9 Å². The Kier molecular flexibility index (Phi) is 4.70. The number of thiazole rings is 1. The van der Waals surface area contributed by atoms with Gasteiger partial charge in [-0.3, -0.25) is 4.79 Å². The maximum Gasteiger partial charge on any atom is 0.309 e. The lowest BCUT2D eigenvalue weighted by atomic mass is 9.67. The Bertz CT molecular complexity index is 765. The second kappa shape index (κ2) is 7.02. The zero-order chi connectivity index (χ0) is 17.6. The summed E-state index contributed by atoms with van der Waals surface area (Å²) in [6.45, 7) is 0.318. The van der Waals surface area contributed by atoms with E-state index in [1.165, 1.54) is 30.8 Å². The first-order valence-corrected chi connectivity index (χ1v) is 12.3. The molecule has 3 nitrogen and oxygen atoms in total. The number of para-hydroxylation sites is 1. The van der Waals surface area contributed by atoms with Gasteiger partial charge in [0.1, 0.15) is 11.6 Å². The quantitative estimate of drug-likeness (QED) is 0.644. The first-order chi connectivity index (χ1) is 12.7. The van der Waals surface area contributed by atoms with Crippen LogP contribution in [-0.2, 0) is 16.1 Å². The summed E-state index contributed by atoms with van der Waals surface area (Å²) >= 11 is 6.00. The lowest BCUT2D eigenvalue weighted by Gasteiger charge is -2.51. The van der Waals surface area contributed by atoms with E-state index in [9.17, 15) is 4.79 Å². The van der Waals surface area contributed by atoms with Crippen LogP contribution in [0.25, 0.3) is 10.2 Å². The van der Waals surface area contributed by atoms with E-state index >= 15 is 0 Å². The molecular formula is C20H23NO2S3. The number of carbonyl (C=O) groups excluding carboxylic acids is 1. The number of fused-ring (bicyclic) bond motifs is 1. The van der Waals surface area contributed by atoms with Gasteiger partial charge in [-0.1, -0.05) is 18.6 Å². The molecule has 138 valence electrons. The Morgan fingerprint density at radius 1 is 1.15 bits per heavy atom. The van der Waals surface area contributed by atoms with Crippen LogP contribution >= 0.6 is 34.9 Å². The summed E-state index contributed by atoms with van der Waals surface area (Å²) in [6.07, 6.45) is 5.96. The number of thioether (sulfide) groups is 2. The van der Waals surface area contributed by atoms with Gasteiger partial charge in [-0.05, 0) is 49.7 Å². The minimum absolute atomic E-state index is 0.00371. The molecule has 2 bridgehead atoms. The van der Waals surface area contributed by atoms with Crippen molar-refractivity contribution in [3.05, 3.63) is 29.3 Å². The highest BCUT2D eigenvalue weighted by atomic mass is 32.2. The van der Waals surface area contributed by atoms with Crippen LogP contribution in [0.5, 0.6) is 0 Å². The summed E-state index contributed by atoms with van der Waals surface area (Å²) in [4.78, 5) is 17.3. The third kappa shape index (κ3) is 2.98. The van der Waals surface area contributed by atoms with Gasteiger partial charge in [0, 0.05) is 11.5 Å². The lowest BCUT2D eigenvalue weighted by Crippen LogP contribution is -2.48. The van der Waals surface area contributed by atoms with Gasteiger partial charge in [0.15, 0.2) is 0 Å². The Morgan fingerprint density at radius 2 is 1.88 bits per heavy atom. The second-order valence-electron chi connectivity index (χ2n) is 7.59. The highest BCUT2D eigenvalue weighted by Gasteiger charge is 2.55. The molecule has 26 heavy (non-hydrogen) atoms. The molecule has 2 aliphatic carbocycles. The van der Waals surface area contributed by atoms with Gasteiger partial charge in [0.05, 0.1) is 20.2 Å². The average molecular weight is 406 g/mol. The van der Waals surface area contributed by atoms with Gasteiger partial charge in [0.25, 0.3) is 0 Å². The normalized spacial score (nSPS) is 29.9. The van der Waals surface area contributed by atoms with Crippen LogP contribution in [0.15, 0.2) is 24.3 Å². The van der Waals surface area contributed by atoms with Crippen molar-refractivity contribution in [3.63, 3.8) is 0 Å². The van der Waals surface area contributed by atoms with Gasteiger partial charge in [-0.25, -0.2) is 4.98 Å². The molecule has 0 amide bonds. The van der Waals surface area contributed by atoms with Gasteiger partial charge in [-0.2, -0.15) is 0 Å². The van der Waals surface area contributed by atoms with Crippen LogP contribution in [0.2, 0.25) is 0 Å². The SMILES string of the molecule is O=C(OCc1nc2ccccc2s1)C1CC2CCCC(C1)C21SCCS1. The van der Waals surface area contributed by atoms with Crippen molar-refractivity contribution in [1.82, 2.24) is 4.98 Å². The van der Waals surface area contributed by atoms with Crippen LogP contribution < -0.4 is 0 Å². The fraction of sp³-hybridized carbons (Fsp3) is 0.600. The summed E-state index contributed by atoms with van der Waals surface area (Å²) in [5, 5.41) is 0.897. The van der Waals surface area contributed by atoms with Crippen molar-refractivity contribution < 1.29 is 9.53 Å². The Balaban J connectivity index is 1.25. The molecule has 1 aliphatic heterocycles. The van der Waals surface area contributed by atoms with Crippen LogP contribution in [0.1, 0.15) is 37.1 Å². The number of rotatable bonds is 3. The van der Waals surface area contributed by atoms with E-state index in [0.717, 1.165) is 28.1 Å². The van der Waals surface area contributed by atoms with Crippen LogP contribution in [0.3, 0.4) is 0 Å². The van der Waals surface area contributed by atoms with Crippen LogP contribution in [-0.4, -0.2) is 26.5 Å². The molecule has 5 rings (SSSR count). The van der Waals surface area contributed by atoms with Crippen molar-refractivity contribution in [2.45, 2.75) is 42.8 Å².